The van der Waals surface area contributed by atoms with E-state index < -0.39 is 0 Å². The van der Waals surface area contributed by atoms with E-state index in [0.717, 1.165) is 32.5 Å². The maximum absolute atomic E-state index is 12.3. The van der Waals surface area contributed by atoms with Crippen LogP contribution >= 0.6 is 0 Å². The molecular weight excluding hydrogens is 240 g/mol. The Labute approximate surface area is 114 Å². The summed E-state index contributed by atoms with van der Waals surface area (Å²) in [4.78, 5) is 18.8. The summed E-state index contributed by atoms with van der Waals surface area (Å²) in [5.41, 5.74) is -0.00451. The van der Waals surface area contributed by atoms with E-state index in [0.29, 0.717) is 17.8 Å². The van der Waals surface area contributed by atoms with E-state index >= 15 is 0 Å². The summed E-state index contributed by atoms with van der Waals surface area (Å²) in [6.07, 6.45) is 5.61. The third kappa shape index (κ3) is 3.80. The monoisotopic (exact) mass is 264 g/mol. The number of likely N-dealkylation sites (tertiary alicyclic amines) is 1. The molecule has 19 heavy (non-hydrogen) atoms. The predicted molar refractivity (Wildman–Crippen MR) is 77.5 cm³/mol. The molecule has 0 aromatic carbocycles. The lowest BCUT2D eigenvalue weighted by Crippen LogP contribution is -2.38. The number of nitrogens with one attached hydrogen (secondary N) is 1. The van der Waals surface area contributed by atoms with Crippen LogP contribution in [0.25, 0.3) is 0 Å². The third-order valence-corrected chi connectivity index (χ3v) is 3.53. The second-order valence-electron chi connectivity index (χ2n) is 5.85. The van der Waals surface area contributed by atoms with E-state index in [9.17, 15) is 4.79 Å². The van der Waals surface area contributed by atoms with Gasteiger partial charge in [-0.05, 0) is 38.9 Å². The lowest BCUT2D eigenvalue weighted by Gasteiger charge is -2.29. The molecule has 1 aliphatic heterocycles. The molecule has 0 spiro atoms. The van der Waals surface area contributed by atoms with Crippen LogP contribution in [0.5, 0.6) is 0 Å². The fraction of sp³-hybridized carbons (Fsp3) is 0.714. The molecule has 1 fully saturated rings. The molecule has 0 amide bonds. The highest BCUT2D eigenvalue weighted by atomic mass is 16.1. The SMILES string of the molecule is CC(C)Cn1ccnc(NC2CCN(C)CC2)c1=O. The molecule has 5 nitrogen and oxygen atoms in total. The van der Waals surface area contributed by atoms with Crippen molar-refractivity contribution in [3.8, 4) is 0 Å². The first kappa shape index (κ1) is 14.1. The lowest BCUT2D eigenvalue weighted by atomic mass is 10.1. The van der Waals surface area contributed by atoms with Gasteiger partial charge >= 0.3 is 0 Å². The summed E-state index contributed by atoms with van der Waals surface area (Å²) >= 11 is 0. The number of rotatable bonds is 4. The van der Waals surface area contributed by atoms with Crippen LogP contribution in [0.1, 0.15) is 26.7 Å². The van der Waals surface area contributed by atoms with Gasteiger partial charge in [-0.3, -0.25) is 4.79 Å². The molecule has 2 heterocycles. The van der Waals surface area contributed by atoms with Gasteiger partial charge in [-0.15, -0.1) is 0 Å². The Hall–Kier alpha value is -1.36. The minimum Gasteiger partial charge on any atom is -0.363 e. The molecule has 0 saturated carbocycles. The minimum absolute atomic E-state index is 0.00451. The average Bonchev–Trinajstić information content (AvgIpc) is 2.36. The number of aromatic nitrogens is 2. The fourth-order valence-electron chi connectivity index (χ4n) is 2.43. The molecule has 5 heteroatoms. The molecule has 1 aromatic rings. The highest BCUT2D eigenvalue weighted by Gasteiger charge is 2.18. The van der Waals surface area contributed by atoms with Gasteiger partial charge in [-0.25, -0.2) is 4.98 Å². The summed E-state index contributed by atoms with van der Waals surface area (Å²) in [6, 6.07) is 0.367. The van der Waals surface area contributed by atoms with Crippen LogP contribution in [0.2, 0.25) is 0 Å². The van der Waals surface area contributed by atoms with Gasteiger partial charge in [0, 0.05) is 25.0 Å². The van der Waals surface area contributed by atoms with Crippen LogP contribution in [0.4, 0.5) is 5.82 Å². The van der Waals surface area contributed by atoms with Gasteiger partial charge in [0.25, 0.3) is 5.56 Å². The van der Waals surface area contributed by atoms with Crippen LogP contribution in [-0.4, -0.2) is 40.6 Å². The molecule has 0 atom stereocenters. The normalized spacial score (nSPS) is 17.9. The molecule has 0 unspecified atom stereocenters. The van der Waals surface area contributed by atoms with E-state index in [1.807, 2.05) is 0 Å². The van der Waals surface area contributed by atoms with E-state index in [-0.39, 0.29) is 5.56 Å². The standard InChI is InChI=1S/C14H24N4O/c1-11(2)10-18-9-6-15-13(14(18)19)16-12-4-7-17(3)8-5-12/h6,9,11-12H,4-5,7-8,10H2,1-3H3,(H,15,16). The van der Waals surface area contributed by atoms with Crippen LogP contribution in [0.3, 0.4) is 0 Å². The Morgan fingerprint density at radius 2 is 2.11 bits per heavy atom. The van der Waals surface area contributed by atoms with Crippen molar-refractivity contribution in [2.75, 3.05) is 25.5 Å². The highest BCUT2D eigenvalue weighted by Crippen LogP contribution is 2.12. The van der Waals surface area contributed by atoms with Crippen LogP contribution in [0.15, 0.2) is 17.2 Å². The van der Waals surface area contributed by atoms with E-state index in [4.69, 9.17) is 0 Å². The number of nitrogens with zero attached hydrogens (tertiary/aromatic N) is 3. The zero-order valence-electron chi connectivity index (χ0n) is 12.1. The first-order chi connectivity index (χ1) is 9.06. The van der Waals surface area contributed by atoms with E-state index in [1.165, 1.54) is 0 Å². The van der Waals surface area contributed by atoms with Gasteiger partial charge in [-0.2, -0.15) is 0 Å². The van der Waals surface area contributed by atoms with E-state index in [1.54, 1.807) is 17.0 Å². The van der Waals surface area contributed by atoms with Gasteiger partial charge in [0.1, 0.15) is 0 Å². The Bertz CT molecular complexity index is 461. The first-order valence-electron chi connectivity index (χ1n) is 7.07. The molecule has 0 aliphatic carbocycles. The van der Waals surface area contributed by atoms with Gasteiger partial charge in [0.15, 0.2) is 5.82 Å². The van der Waals surface area contributed by atoms with Crippen molar-refractivity contribution in [1.29, 1.82) is 0 Å². The fourth-order valence-corrected chi connectivity index (χ4v) is 2.43. The largest absolute Gasteiger partial charge is 0.363 e. The molecule has 2 rings (SSSR count). The Morgan fingerprint density at radius 1 is 1.42 bits per heavy atom. The van der Waals surface area contributed by atoms with Crippen molar-refractivity contribution in [3.63, 3.8) is 0 Å². The van der Waals surface area contributed by atoms with Gasteiger partial charge in [0.2, 0.25) is 0 Å². The second kappa shape index (κ2) is 6.19. The molecule has 0 bridgehead atoms. The molecular formula is C14H24N4O. The number of piperidine rings is 1. The van der Waals surface area contributed by atoms with Gasteiger partial charge in [0.05, 0.1) is 0 Å². The van der Waals surface area contributed by atoms with Crippen molar-refractivity contribution in [1.82, 2.24) is 14.5 Å². The molecule has 1 saturated heterocycles. The number of anilines is 1. The average molecular weight is 264 g/mol. The quantitative estimate of drug-likeness (QED) is 0.893. The molecule has 0 radical (unpaired) electrons. The van der Waals surface area contributed by atoms with E-state index in [2.05, 4.69) is 36.1 Å². The summed E-state index contributed by atoms with van der Waals surface area (Å²) < 4.78 is 1.74. The van der Waals surface area contributed by atoms with Crippen LogP contribution in [-0.2, 0) is 6.54 Å². The summed E-state index contributed by atoms with van der Waals surface area (Å²) in [5, 5.41) is 3.31. The van der Waals surface area contributed by atoms with Crippen LogP contribution in [0, 0.1) is 5.92 Å². The summed E-state index contributed by atoms with van der Waals surface area (Å²) in [6.45, 7) is 7.10. The third-order valence-electron chi connectivity index (χ3n) is 3.53. The molecule has 106 valence electrons. The Balaban J connectivity index is 2.06. The van der Waals surface area contributed by atoms with Crippen molar-refractivity contribution in [2.45, 2.75) is 39.3 Å². The highest BCUT2D eigenvalue weighted by molar-refractivity contribution is 5.32. The topological polar surface area (TPSA) is 50.2 Å². The van der Waals surface area contributed by atoms with Crippen molar-refractivity contribution >= 4 is 5.82 Å². The predicted octanol–water partition coefficient (Wildman–Crippen LogP) is 1.41. The van der Waals surface area contributed by atoms with Crippen molar-refractivity contribution in [2.24, 2.45) is 5.92 Å². The van der Waals surface area contributed by atoms with Crippen LogP contribution < -0.4 is 10.9 Å². The second-order valence-corrected chi connectivity index (χ2v) is 5.85. The minimum atomic E-state index is -0.00451. The zero-order chi connectivity index (χ0) is 13.8. The van der Waals surface area contributed by atoms with Crippen molar-refractivity contribution in [3.05, 3.63) is 22.7 Å². The maximum Gasteiger partial charge on any atom is 0.293 e. The molecule has 1 aromatic heterocycles. The molecule has 1 aliphatic rings. The lowest BCUT2D eigenvalue weighted by molar-refractivity contribution is 0.263. The number of hydrogen-bond donors (Lipinski definition) is 1. The Morgan fingerprint density at radius 3 is 2.74 bits per heavy atom. The first-order valence-corrected chi connectivity index (χ1v) is 7.07. The molecule has 1 N–H and O–H groups in total. The number of hydrogen-bond acceptors (Lipinski definition) is 4. The Kier molecular flexibility index (Phi) is 4.58. The summed E-state index contributed by atoms with van der Waals surface area (Å²) in [7, 11) is 2.13. The smallest absolute Gasteiger partial charge is 0.293 e. The van der Waals surface area contributed by atoms with Crippen molar-refractivity contribution < 1.29 is 0 Å². The van der Waals surface area contributed by atoms with Gasteiger partial charge in [-0.1, -0.05) is 13.8 Å². The zero-order valence-corrected chi connectivity index (χ0v) is 12.1. The maximum atomic E-state index is 12.3. The summed E-state index contributed by atoms with van der Waals surface area (Å²) in [5.74, 6) is 0.953. The van der Waals surface area contributed by atoms with Gasteiger partial charge < -0.3 is 14.8 Å².